The van der Waals surface area contributed by atoms with Gasteiger partial charge in [-0.05, 0) is 49.7 Å². The normalized spacial score (nSPS) is 11.2. The van der Waals surface area contributed by atoms with E-state index in [4.69, 9.17) is 23.2 Å². The van der Waals surface area contributed by atoms with Crippen LogP contribution in [0, 0.1) is 6.92 Å². The lowest BCUT2D eigenvalue weighted by Gasteiger charge is -2.11. The molecule has 0 fully saturated rings. The smallest absolute Gasteiger partial charge is 0.261 e. The molecule has 0 bridgehead atoms. The van der Waals surface area contributed by atoms with Crippen LogP contribution in [0.15, 0.2) is 41.3 Å². The van der Waals surface area contributed by atoms with Gasteiger partial charge in [-0.2, -0.15) is 0 Å². The molecule has 8 heteroatoms. The van der Waals surface area contributed by atoms with E-state index in [-0.39, 0.29) is 21.5 Å². The molecule has 2 rings (SSSR count). The molecule has 2 N–H and O–H groups in total. The summed E-state index contributed by atoms with van der Waals surface area (Å²) in [5.41, 5.74) is 1.29. The van der Waals surface area contributed by atoms with Gasteiger partial charge in [0.2, 0.25) is 0 Å². The molecule has 0 heterocycles. The lowest BCUT2D eigenvalue weighted by molar-refractivity contribution is 0.0955. The first-order valence-corrected chi connectivity index (χ1v) is 9.35. The molecule has 2 aromatic rings. The highest BCUT2D eigenvalue weighted by Gasteiger charge is 2.18. The van der Waals surface area contributed by atoms with Crippen molar-refractivity contribution in [1.82, 2.24) is 5.32 Å². The standard InChI is InChI=1S/C16H16Cl2N2O3S/c1-3-19-16(21)13-9-12(6-4-10(13)2)24(22,23)20-11-5-7-14(17)15(18)8-11/h4-9,20H,3H2,1-2H3,(H,19,21). The molecule has 0 spiro atoms. The summed E-state index contributed by atoms with van der Waals surface area (Å²) in [4.78, 5) is 12.0. The Morgan fingerprint density at radius 2 is 1.79 bits per heavy atom. The maximum atomic E-state index is 12.5. The summed E-state index contributed by atoms with van der Waals surface area (Å²) in [6.07, 6.45) is 0. The summed E-state index contributed by atoms with van der Waals surface area (Å²) < 4.78 is 27.5. The van der Waals surface area contributed by atoms with Crippen LogP contribution < -0.4 is 10.0 Å². The van der Waals surface area contributed by atoms with Gasteiger partial charge in [-0.3, -0.25) is 9.52 Å². The van der Waals surface area contributed by atoms with Gasteiger partial charge in [0.1, 0.15) is 0 Å². The van der Waals surface area contributed by atoms with E-state index >= 15 is 0 Å². The highest BCUT2D eigenvalue weighted by Crippen LogP contribution is 2.27. The van der Waals surface area contributed by atoms with Crippen molar-refractivity contribution in [3.8, 4) is 0 Å². The molecular formula is C16H16Cl2N2O3S. The van der Waals surface area contributed by atoms with Crippen molar-refractivity contribution in [3.63, 3.8) is 0 Å². The van der Waals surface area contributed by atoms with Crippen LogP contribution in [0.5, 0.6) is 0 Å². The average molecular weight is 387 g/mol. The van der Waals surface area contributed by atoms with Crippen molar-refractivity contribution in [2.75, 3.05) is 11.3 Å². The first-order valence-electron chi connectivity index (χ1n) is 7.11. The Morgan fingerprint density at radius 1 is 1.08 bits per heavy atom. The zero-order chi connectivity index (χ0) is 17.9. The summed E-state index contributed by atoms with van der Waals surface area (Å²) >= 11 is 11.7. The van der Waals surface area contributed by atoms with E-state index in [0.717, 1.165) is 0 Å². The highest BCUT2D eigenvalue weighted by atomic mass is 35.5. The Balaban J connectivity index is 2.36. The molecule has 0 aromatic heterocycles. The largest absolute Gasteiger partial charge is 0.352 e. The minimum Gasteiger partial charge on any atom is -0.352 e. The first kappa shape index (κ1) is 18.6. The van der Waals surface area contributed by atoms with Crippen LogP contribution in [0.1, 0.15) is 22.8 Å². The number of carbonyl (C=O) groups is 1. The van der Waals surface area contributed by atoms with Gasteiger partial charge < -0.3 is 5.32 Å². The molecule has 0 saturated heterocycles. The fourth-order valence-electron chi connectivity index (χ4n) is 2.04. The Labute approximate surface area is 151 Å². The van der Waals surface area contributed by atoms with Gasteiger partial charge in [-0.1, -0.05) is 29.3 Å². The summed E-state index contributed by atoms with van der Waals surface area (Å²) in [7, 11) is -3.86. The number of benzene rings is 2. The van der Waals surface area contributed by atoms with E-state index in [1.54, 1.807) is 19.9 Å². The van der Waals surface area contributed by atoms with Crippen molar-refractivity contribution in [3.05, 3.63) is 57.6 Å². The molecule has 0 saturated carbocycles. The minimum atomic E-state index is -3.86. The Bertz CT molecular complexity index is 883. The van der Waals surface area contributed by atoms with Crippen LogP contribution in [0.2, 0.25) is 10.0 Å². The lowest BCUT2D eigenvalue weighted by Crippen LogP contribution is -2.24. The molecular weight excluding hydrogens is 371 g/mol. The number of carbonyl (C=O) groups excluding carboxylic acids is 1. The summed E-state index contributed by atoms with van der Waals surface area (Å²) in [6.45, 7) is 3.99. The maximum Gasteiger partial charge on any atom is 0.261 e. The third-order valence-electron chi connectivity index (χ3n) is 3.27. The van der Waals surface area contributed by atoms with Crippen molar-refractivity contribution < 1.29 is 13.2 Å². The molecule has 0 aliphatic rings. The van der Waals surface area contributed by atoms with Crippen LogP contribution in [0.25, 0.3) is 0 Å². The fourth-order valence-corrected chi connectivity index (χ4v) is 3.42. The molecule has 0 aliphatic carbocycles. The second-order valence-corrected chi connectivity index (χ2v) is 7.57. The molecule has 128 valence electrons. The molecule has 0 aliphatic heterocycles. The van der Waals surface area contributed by atoms with Crippen LogP contribution in [0.4, 0.5) is 5.69 Å². The second-order valence-electron chi connectivity index (χ2n) is 5.07. The van der Waals surface area contributed by atoms with Crippen LogP contribution >= 0.6 is 23.2 Å². The van der Waals surface area contributed by atoms with Gasteiger partial charge >= 0.3 is 0 Å². The molecule has 24 heavy (non-hydrogen) atoms. The first-order chi connectivity index (χ1) is 11.2. The number of nitrogens with one attached hydrogen (secondary N) is 2. The third kappa shape index (κ3) is 4.20. The zero-order valence-corrected chi connectivity index (χ0v) is 15.4. The van der Waals surface area contributed by atoms with Gasteiger partial charge in [-0.15, -0.1) is 0 Å². The predicted octanol–water partition coefficient (Wildman–Crippen LogP) is 3.85. The number of anilines is 1. The number of hydrogen-bond acceptors (Lipinski definition) is 3. The fraction of sp³-hybridized carbons (Fsp3) is 0.188. The lowest BCUT2D eigenvalue weighted by atomic mass is 10.1. The van der Waals surface area contributed by atoms with Gasteiger partial charge in [0, 0.05) is 12.1 Å². The summed E-state index contributed by atoms with van der Waals surface area (Å²) in [5, 5.41) is 3.23. The monoisotopic (exact) mass is 386 g/mol. The number of aryl methyl sites for hydroxylation is 1. The molecule has 0 radical (unpaired) electrons. The molecule has 5 nitrogen and oxygen atoms in total. The Kier molecular flexibility index (Phi) is 5.74. The van der Waals surface area contributed by atoms with Gasteiger partial charge in [0.05, 0.1) is 20.6 Å². The highest BCUT2D eigenvalue weighted by molar-refractivity contribution is 7.92. The van der Waals surface area contributed by atoms with E-state index in [1.807, 2.05) is 0 Å². The number of hydrogen-bond donors (Lipinski definition) is 2. The van der Waals surface area contributed by atoms with E-state index in [1.165, 1.54) is 30.3 Å². The summed E-state index contributed by atoms with van der Waals surface area (Å²) in [5.74, 6) is -0.318. The van der Waals surface area contributed by atoms with E-state index in [2.05, 4.69) is 10.0 Å². The van der Waals surface area contributed by atoms with Crippen LogP contribution in [-0.4, -0.2) is 20.9 Å². The van der Waals surface area contributed by atoms with E-state index in [9.17, 15) is 13.2 Å². The molecule has 2 aromatic carbocycles. The number of sulfonamides is 1. The van der Waals surface area contributed by atoms with Gasteiger partial charge in [0.25, 0.3) is 15.9 Å². The molecule has 0 unspecified atom stereocenters. The number of halogens is 2. The quantitative estimate of drug-likeness (QED) is 0.818. The Morgan fingerprint density at radius 3 is 2.42 bits per heavy atom. The van der Waals surface area contributed by atoms with Crippen LogP contribution in [-0.2, 0) is 10.0 Å². The molecule has 0 atom stereocenters. The SMILES string of the molecule is CCNC(=O)c1cc(S(=O)(=O)Nc2ccc(Cl)c(Cl)c2)ccc1C. The zero-order valence-electron chi connectivity index (χ0n) is 13.1. The predicted molar refractivity (Wildman–Crippen MR) is 96.5 cm³/mol. The van der Waals surface area contributed by atoms with Crippen molar-refractivity contribution in [2.24, 2.45) is 0 Å². The minimum absolute atomic E-state index is 0.0135. The van der Waals surface area contributed by atoms with Crippen LogP contribution in [0.3, 0.4) is 0 Å². The second kappa shape index (κ2) is 7.42. The Hall–Kier alpha value is -1.76. The average Bonchev–Trinajstić information content (AvgIpc) is 2.51. The van der Waals surface area contributed by atoms with E-state index < -0.39 is 10.0 Å². The summed E-state index contributed by atoms with van der Waals surface area (Å²) in [6, 6.07) is 8.80. The van der Waals surface area contributed by atoms with Crippen molar-refractivity contribution >= 4 is 44.8 Å². The maximum absolute atomic E-state index is 12.5. The number of amides is 1. The topological polar surface area (TPSA) is 75.3 Å². The van der Waals surface area contributed by atoms with Crippen molar-refractivity contribution in [1.29, 1.82) is 0 Å². The van der Waals surface area contributed by atoms with Gasteiger partial charge in [0.15, 0.2) is 0 Å². The number of rotatable bonds is 5. The third-order valence-corrected chi connectivity index (χ3v) is 5.39. The molecule has 1 amide bonds. The van der Waals surface area contributed by atoms with Gasteiger partial charge in [-0.25, -0.2) is 8.42 Å². The van der Waals surface area contributed by atoms with Crippen molar-refractivity contribution in [2.45, 2.75) is 18.7 Å². The van der Waals surface area contributed by atoms with E-state index in [0.29, 0.717) is 22.7 Å².